The van der Waals surface area contributed by atoms with E-state index in [0.29, 0.717) is 6.61 Å². The lowest BCUT2D eigenvalue weighted by atomic mass is 9.84. The molecular weight excluding hydrogens is 461 g/mol. The van der Waals surface area contributed by atoms with Crippen LogP contribution in [0, 0.1) is 6.92 Å². The Kier molecular flexibility index (Phi) is 8.33. The second-order valence-corrected chi connectivity index (χ2v) is 8.74. The minimum absolute atomic E-state index is 0.0402. The van der Waals surface area contributed by atoms with Gasteiger partial charge in [-0.2, -0.15) is 13.2 Å². The fourth-order valence-electron chi connectivity index (χ4n) is 4.00. The number of aromatic nitrogens is 1. The van der Waals surface area contributed by atoms with Gasteiger partial charge in [-0.25, -0.2) is 4.79 Å². The molecule has 2 aromatic rings. The van der Waals surface area contributed by atoms with E-state index in [1.165, 1.54) is 5.56 Å². The van der Waals surface area contributed by atoms with Crippen molar-refractivity contribution in [3.8, 4) is 0 Å². The summed E-state index contributed by atoms with van der Waals surface area (Å²) in [5, 5.41) is 7.92. The summed E-state index contributed by atoms with van der Waals surface area (Å²) in [7, 11) is 0. The molecule has 1 aromatic carbocycles. The number of rotatable bonds is 5. The second-order valence-electron chi connectivity index (χ2n) is 8.31. The molecule has 1 N–H and O–H groups in total. The molecule has 0 radical (unpaired) electrons. The second kappa shape index (κ2) is 10.8. The van der Waals surface area contributed by atoms with Crippen LogP contribution in [0.2, 0.25) is 5.02 Å². The third kappa shape index (κ3) is 7.67. The van der Waals surface area contributed by atoms with Crippen LogP contribution in [0.3, 0.4) is 0 Å². The smallest absolute Gasteiger partial charge is 0.475 e. The van der Waals surface area contributed by atoms with Crippen LogP contribution in [0.25, 0.3) is 0 Å². The fraction of sp³-hybridized carbons (Fsp3) is 0.478. The minimum atomic E-state index is -5.08. The maximum Gasteiger partial charge on any atom is 0.490 e. The number of alkyl halides is 3. The molecule has 0 aliphatic carbocycles. The highest BCUT2D eigenvalue weighted by molar-refractivity contribution is 6.30. The van der Waals surface area contributed by atoms with Gasteiger partial charge in [0.1, 0.15) is 0 Å². The van der Waals surface area contributed by atoms with E-state index < -0.39 is 12.1 Å². The van der Waals surface area contributed by atoms with E-state index >= 15 is 0 Å². The molecule has 2 fully saturated rings. The molecule has 1 unspecified atom stereocenters. The Morgan fingerprint density at radius 2 is 2.00 bits per heavy atom. The van der Waals surface area contributed by atoms with Gasteiger partial charge < -0.3 is 14.6 Å². The molecule has 0 amide bonds. The van der Waals surface area contributed by atoms with Crippen molar-refractivity contribution >= 4 is 17.6 Å². The predicted molar refractivity (Wildman–Crippen MR) is 116 cm³/mol. The SMILES string of the molecule is Cc1cccc(COC2CCOC3(C2)CN(Cc2cccc(Cl)c2)C3)n1.O=C(O)C(F)(F)F. The van der Waals surface area contributed by atoms with E-state index in [4.69, 9.17) is 31.0 Å². The summed E-state index contributed by atoms with van der Waals surface area (Å²) in [5.41, 5.74) is 3.25. The van der Waals surface area contributed by atoms with Crippen molar-refractivity contribution in [1.82, 2.24) is 9.88 Å². The summed E-state index contributed by atoms with van der Waals surface area (Å²) in [6, 6.07) is 14.2. The third-order valence-corrected chi connectivity index (χ3v) is 5.66. The maximum atomic E-state index is 10.6. The topological polar surface area (TPSA) is 71.9 Å². The van der Waals surface area contributed by atoms with Gasteiger partial charge in [0.15, 0.2) is 0 Å². The van der Waals surface area contributed by atoms with E-state index in [0.717, 1.165) is 55.5 Å². The number of aryl methyl sites for hydroxylation is 1. The molecule has 1 spiro atoms. The molecule has 2 aliphatic heterocycles. The number of nitrogens with zero attached hydrogens (tertiary/aromatic N) is 2. The van der Waals surface area contributed by atoms with Crippen LogP contribution in [0.15, 0.2) is 42.5 Å². The molecule has 180 valence electrons. The van der Waals surface area contributed by atoms with Crippen molar-refractivity contribution in [2.45, 2.75) is 50.8 Å². The zero-order valence-electron chi connectivity index (χ0n) is 18.1. The predicted octanol–water partition coefficient (Wildman–Crippen LogP) is 4.63. The molecule has 6 nitrogen and oxygen atoms in total. The van der Waals surface area contributed by atoms with Gasteiger partial charge in [0, 0.05) is 43.4 Å². The minimum Gasteiger partial charge on any atom is -0.475 e. The molecule has 1 aromatic heterocycles. The van der Waals surface area contributed by atoms with E-state index in [2.05, 4.69) is 16.0 Å². The zero-order chi connectivity index (χ0) is 24.1. The number of halogens is 4. The van der Waals surface area contributed by atoms with Crippen LogP contribution in [0.5, 0.6) is 0 Å². The highest BCUT2D eigenvalue weighted by atomic mass is 35.5. The van der Waals surface area contributed by atoms with E-state index in [9.17, 15) is 13.2 Å². The Morgan fingerprint density at radius 1 is 1.30 bits per heavy atom. The summed E-state index contributed by atoms with van der Waals surface area (Å²) < 4.78 is 44.0. The Morgan fingerprint density at radius 3 is 2.64 bits per heavy atom. The largest absolute Gasteiger partial charge is 0.490 e. The van der Waals surface area contributed by atoms with Gasteiger partial charge in [-0.15, -0.1) is 0 Å². The van der Waals surface area contributed by atoms with E-state index in [1.807, 2.05) is 43.3 Å². The number of carbonyl (C=O) groups is 1. The van der Waals surface area contributed by atoms with Crippen molar-refractivity contribution in [2.24, 2.45) is 0 Å². The van der Waals surface area contributed by atoms with Crippen molar-refractivity contribution in [2.75, 3.05) is 19.7 Å². The van der Waals surface area contributed by atoms with Crippen LogP contribution in [0.1, 0.15) is 29.8 Å². The molecule has 33 heavy (non-hydrogen) atoms. The Balaban J connectivity index is 0.000000383. The van der Waals surface area contributed by atoms with Gasteiger partial charge in [-0.3, -0.25) is 9.88 Å². The summed E-state index contributed by atoms with van der Waals surface area (Å²) >= 11 is 6.08. The molecule has 2 aliphatic rings. The molecule has 2 saturated heterocycles. The average molecular weight is 487 g/mol. The summed E-state index contributed by atoms with van der Waals surface area (Å²) in [6.45, 7) is 6.20. The highest BCUT2D eigenvalue weighted by Gasteiger charge is 2.47. The standard InChI is InChI=1S/C21H25ClN2O2.C2HF3O2/c1-16-4-2-7-19(23-16)13-25-20-8-9-26-21(11-20)14-24(15-21)12-17-5-3-6-18(22)10-17;3-2(4,5)1(6)7/h2-7,10,20H,8-9,11-15H2,1H3;(H,6,7). The number of hydrogen-bond donors (Lipinski definition) is 1. The first-order valence-electron chi connectivity index (χ1n) is 10.5. The normalized spacial score (nSPS) is 20.0. The van der Waals surface area contributed by atoms with Crippen LogP contribution >= 0.6 is 11.6 Å². The lowest BCUT2D eigenvalue weighted by Crippen LogP contribution is -2.65. The highest BCUT2D eigenvalue weighted by Crippen LogP contribution is 2.36. The molecular formula is C23H26ClF3N2O4. The Hall–Kier alpha value is -2.20. The summed E-state index contributed by atoms with van der Waals surface area (Å²) in [5.74, 6) is -2.76. The Labute approximate surface area is 195 Å². The lowest BCUT2D eigenvalue weighted by molar-refractivity contribution is -0.200. The van der Waals surface area contributed by atoms with Crippen LogP contribution in [-0.2, 0) is 27.4 Å². The van der Waals surface area contributed by atoms with Crippen molar-refractivity contribution in [3.63, 3.8) is 0 Å². The van der Waals surface area contributed by atoms with Crippen molar-refractivity contribution < 1.29 is 32.5 Å². The first-order chi connectivity index (χ1) is 15.5. The lowest BCUT2D eigenvalue weighted by Gasteiger charge is -2.53. The van der Waals surface area contributed by atoms with Crippen LogP contribution in [0.4, 0.5) is 13.2 Å². The van der Waals surface area contributed by atoms with Crippen LogP contribution < -0.4 is 0 Å². The van der Waals surface area contributed by atoms with Crippen molar-refractivity contribution in [3.05, 3.63) is 64.4 Å². The monoisotopic (exact) mass is 486 g/mol. The van der Waals surface area contributed by atoms with Gasteiger partial charge in [0.2, 0.25) is 0 Å². The van der Waals surface area contributed by atoms with Gasteiger partial charge >= 0.3 is 12.1 Å². The Bertz CT molecular complexity index is 951. The van der Waals surface area contributed by atoms with Gasteiger partial charge in [-0.1, -0.05) is 29.8 Å². The van der Waals surface area contributed by atoms with E-state index in [-0.39, 0.29) is 11.7 Å². The van der Waals surface area contributed by atoms with Crippen LogP contribution in [-0.4, -0.2) is 58.5 Å². The zero-order valence-corrected chi connectivity index (χ0v) is 18.9. The number of pyridine rings is 1. The van der Waals surface area contributed by atoms with Gasteiger partial charge in [0.05, 0.1) is 24.0 Å². The van der Waals surface area contributed by atoms with Crippen molar-refractivity contribution in [1.29, 1.82) is 0 Å². The summed E-state index contributed by atoms with van der Waals surface area (Å²) in [6.07, 6.45) is -2.91. The number of ether oxygens (including phenoxy) is 2. The molecule has 4 rings (SSSR count). The molecule has 0 bridgehead atoms. The third-order valence-electron chi connectivity index (χ3n) is 5.42. The van der Waals surface area contributed by atoms with Gasteiger partial charge in [0.25, 0.3) is 0 Å². The first-order valence-corrected chi connectivity index (χ1v) is 10.9. The van der Waals surface area contributed by atoms with E-state index in [1.54, 1.807) is 0 Å². The number of hydrogen-bond acceptors (Lipinski definition) is 5. The summed E-state index contributed by atoms with van der Waals surface area (Å²) in [4.78, 5) is 15.8. The van der Waals surface area contributed by atoms with Gasteiger partial charge in [-0.05, 0) is 43.2 Å². The number of aliphatic carboxylic acids is 1. The molecule has 3 heterocycles. The number of carboxylic acid groups (broad SMARTS) is 1. The first kappa shape index (κ1) is 25.4. The maximum absolute atomic E-state index is 10.6. The number of carboxylic acids is 1. The molecule has 0 saturated carbocycles. The number of likely N-dealkylation sites (tertiary alicyclic amines) is 1. The average Bonchev–Trinajstić information content (AvgIpc) is 2.71. The fourth-order valence-corrected chi connectivity index (χ4v) is 4.22. The quantitative estimate of drug-likeness (QED) is 0.664. The number of benzene rings is 1. The molecule has 1 atom stereocenters. The molecule has 10 heteroatoms.